The predicted molar refractivity (Wildman–Crippen MR) is 132 cm³/mol. The molecule has 0 saturated carbocycles. The van der Waals surface area contributed by atoms with Crippen LogP contribution in [0.1, 0.15) is 20.3 Å². The molecule has 2 amide bonds. The third-order valence-corrected chi connectivity index (χ3v) is 7.25. The van der Waals surface area contributed by atoms with Gasteiger partial charge in [-0.05, 0) is 38.1 Å². The van der Waals surface area contributed by atoms with Gasteiger partial charge in [0.15, 0.2) is 0 Å². The zero-order valence-electron chi connectivity index (χ0n) is 21.5. The number of halogens is 1. The zero-order valence-corrected chi connectivity index (χ0v) is 21.5. The normalized spacial score (nSPS) is 24.2. The Labute approximate surface area is 213 Å². The Morgan fingerprint density at radius 1 is 0.944 bits per heavy atom. The third kappa shape index (κ3) is 7.15. The minimum absolute atomic E-state index is 0.0416. The van der Waals surface area contributed by atoms with Crippen molar-refractivity contribution in [3.05, 3.63) is 30.1 Å². The van der Waals surface area contributed by atoms with Crippen LogP contribution in [0.15, 0.2) is 24.3 Å². The number of morpholine rings is 2. The van der Waals surface area contributed by atoms with Crippen molar-refractivity contribution in [1.29, 1.82) is 0 Å². The van der Waals surface area contributed by atoms with Crippen molar-refractivity contribution in [2.75, 3.05) is 85.3 Å². The number of hydrogen-bond donors (Lipinski definition) is 0. The highest BCUT2D eigenvalue weighted by molar-refractivity contribution is 5.80. The van der Waals surface area contributed by atoms with E-state index in [9.17, 15) is 14.0 Å². The summed E-state index contributed by atoms with van der Waals surface area (Å²) >= 11 is 0. The summed E-state index contributed by atoms with van der Waals surface area (Å²) in [5, 5.41) is 0. The van der Waals surface area contributed by atoms with Crippen LogP contribution in [0.2, 0.25) is 0 Å². The Kier molecular flexibility index (Phi) is 9.16. The average molecular weight is 507 g/mol. The average Bonchev–Trinajstić information content (AvgIpc) is 2.89. The molecular weight excluding hydrogens is 467 g/mol. The van der Waals surface area contributed by atoms with E-state index in [-0.39, 0.29) is 37.2 Å². The molecule has 3 aliphatic rings. The van der Waals surface area contributed by atoms with Crippen LogP contribution in [0.3, 0.4) is 0 Å². The van der Waals surface area contributed by atoms with Gasteiger partial charge in [0.2, 0.25) is 11.8 Å². The maximum absolute atomic E-state index is 13.3. The van der Waals surface area contributed by atoms with Gasteiger partial charge in [0, 0.05) is 51.9 Å². The molecule has 0 aromatic heterocycles. The molecule has 1 aromatic rings. The number of rotatable bonds is 8. The van der Waals surface area contributed by atoms with Gasteiger partial charge >= 0.3 is 0 Å². The maximum Gasteiger partial charge on any atom is 0.236 e. The number of nitrogens with zero attached hydrogens (tertiary/aromatic N) is 4. The summed E-state index contributed by atoms with van der Waals surface area (Å²) in [6, 6.07) is 6.27. The van der Waals surface area contributed by atoms with Gasteiger partial charge < -0.3 is 24.0 Å². The highest BCUT2D eigenvalue weighted by Gasteiger charge is 2.42. The first kappa shape index (κ1) is 26.8. The predicted octanol–water partition coefficient (Wildman–Crippen LogP) is 1.08. The number of amides is 2. The van der Waals surface area contributed by atoms with E-state index >= 15 is 0 Å². The van der Waals surface area contributed by atoms with E-state index in [4.69, 9.17) is 14.2 Å². The van der Waals surface area contributed by atoms with Crippen LogP contribution in [-0.4, -0.2) is 128 Å². The van der Waals surface area contributed by atoms with Gasteiger partial charge in [-0.2, -0.15) is 0 Å². The summed E-state index contributed by atoms with van der Waals surface area (Å²) in [5.74, 6) is 0.144. The van der Waals surface area contributed by atoms with E-state index in [1.165, 1.54) is 12.1 Å². The first-order valence-corrected chi connectivity index (χ1v) is 13.0. The van der Waals surface area contributed by atoms with E-state index in [1.54, 1.807) is 21.9 Å². The highest BCUT2D eigenvalue weighted by atomic mass is 19.1. The Morgan fingerprint density at radius 3 is 2.28 bits per heavy atom. The molecule has 36 heavy (non-hydrogen) atoms. The number of carbonyl (C=O) groups is 2. The second kappa shape index (κ2) is 12.3. The molecule has 3 saturated heterocycles. The van der Waals surface area contributed by atoms with E-state index in [0.717, 1.165) is 26.2 Å². The molecule has 3 aliphatic heterocycles. The molecule has 0 aliphatic carbocycles. The van der Waals surface area contributed by atoms with Gasteiger partial charge in [-0.1, -0.05) is 0 Å². The quantitative estimate of drug-likeness (QED) is 0.522. The van der Waals surface area contributed by atoms with Crippen molar-refractivity contribution in [2.24, 2.45) is 0 Å². The van der Waals surface area contributed by atoms with Crippen LogP contribution in [0.25, 0.3) is 0 Å². The van der Waals surface area contributed by atoms with E-state index in [2.05, 4.69) is 23.6 Å². The summed E-state index contributed by atoms with van der Waals surface area (Å²) in [6.07, 6.45) is 0.102. The van der Waals surface area contributed by atoms with Crippen molar-refractivity contribution in [3.8, 4) is 5.75 Å². The molecule has 0 spiro atoms. The lowest BCUT2D eigenvalue weighted by atomic mass is 9.96. The molecule has 9 nitrogen and oxygen atoms in total. The van der Waals surface area contributed by atoms with Crippen LogP contribution < -0.4 is 4.74 Å². The standard InChI is InChI=1S/C26H39FN4O5/c1-21(2)29-9-7-28(8-10-29)18-25(33)31-13-16-36-26(19-31,17-24(32)30-11-14-34-15-12-30)20-35-23-5-3-22(27)4-6-23/h3-6,21H,7-20H2,1-2H3/t26-/m1/s1. The number of piperazine rings is 1. The summed E-state index contributed by atoms with van der Waals surface area (Å²) < 4.78 is 30.9. The van der Waals surface area contributed by atoms with E-state index in [0.29, 0.717) is 57.8 Å². The zero-order chi connectivity index (χ0) is 25.5. The van der Waals surface area contributed by atoms with Crippen LogP contribution in [-0.2, 0) is 19.1 Å². The first-order chi connectivity index (χ1) is 17.3. The van der Waals surface area contributed by atoms with Gasteiger partial charge in [-0.3, -0.25) is 19.4 Å². The van der Waals surface area contributed by atoms with Crippen molar-refractivity contribution < 1.29 is 28.2 Å². The van der Waals surface area contributed by atoms with Gasteiger partial charge in [-0.25, -0.2) is 4.39 Å². The monoisotopic (exact) mass is 506 g/mol. The van der Waals surface area contributed by atoms with E-state index in [1.807, 2.05) is 0 Å². The number of benzene rings is 1. The van der Waals surface area contributed by atoms with Crippen LogP contribution in [0, 0.1) is 5.82 Å². The van der Waals surface area contributed by atoms with Crippen LogP contribution in [0.5, 0.6) is 5.75 Å². The highest BCUT2D eigenvalue weighted by Crippen LogP contribution is 2.26. The molecule has 0 unspecified atom stereocenters. The molecule has 0 radical (unpaired) electrons. The number of carbonyl (C=O) groups excluding carboxylic acids is 2. The second-order valence-electron chi connectivity index (χ2n) is 10.2. The Bertz CT molecular complexity index is 872. The van der Waals surface area contributed by atoms with Crippen molar-refractivity contribution >= 4 is 11.8 Å². The molecule has 3 heterocycles. The summed E-state index contributed by atoms with van der Waals surface area (Å²) in [7, 11) is 0. The first-order valence-electron chi connectivity index (χ1n) is 13.0. The topological polar surface area (TPSA) is 74.8 Å². The number of ether oxygens (including phenoxy) is 3. The summed E-state index contributed by atoms with van der Waals surface area (Å²) in [4.78, 5) is 34.7. The van der Waals surface area contributed by atoms with Crippen LogP contribution >= 0.6 is 0 Å². The minimum Gasteiger partial charge on any atom is -0.490 e. The van der Waals surface area contributed by atoms with Crippen molar-refractivity contribution in [2.45, 2.75) is 31.9 Å². The van der Waals surface area contributed by atoms with Gasteiger partial charge in [0.25, 0.3) is 0 Å². The fourth-order valence-corrected chi connectivity index (χ4v) is 4.98. The molecule has 200 valence electrons. The molecule has 10 heteroatoms. The molecule has 1 aromatic carbocycles. The minimum atomic E-state index is -0.978. The van der Waals surface area contributed by atoms with Gasteiger partial charge in [0.1, 0.15) is 23.8 Å². The third-order valence-electron chi connectivity index (χ3n) is 7.25. The lowest BCUT2D eigenvalue weighted by molar-refractivity contribution is -0.168. The van der Waals surface area contributed by atoms with Gasteiger partial charge in [-0.15, -0.1) is 0 Å². The lowest BCUT2D eigenvalue weighted by Gasteiger charge is -2.44. The maximum atomic E-state index is 13.3. The second-order valence-corrected chi connectivity index (χ2v) is 10.2. The Balaban J connectivity index is 1.41. The molecule has 4 rings (SSSR count). The molecular formula is C26H39FN4O5. The van der Waals surface area contributed by atoms with Crippen molar-refractivity contribution in [3.63, 3.8) is 0 Å². The smallest absolute Gasteiger partial charge is 0.236 e. The fraction of sp³-hybridized carbons (Fsp3) is 0.692. The summed E-state index contributed by atoms with van der Waals surface area (Å²) in [6.45, 7) is 11.7. The van der Waals surface area contributed by atoms with Gasteiger partial charge in [0.05, 0.1) is 39.3 Å². The summed E-state index contributed by atoms with van der Waals surface area (Å²) in [5.41, 5.74) is -0.978. The molecule has 3 fully saturated rings. The molecule has 0 N–H and O–H groups in total. The number of hydrogen-bond acceptors (Lipinski definition) is 7. The SMILES string of the molecule is CC(C)N1CCN(CC(=O)N2CCO[C@](COc3ccc(F)cc3)(CC(=O)N3CCOCC3)C2)CC1. The Hall–Kier alpha value is -2.27. The molecule has 0 bridgehead atoms. The van der Waals surface area contributed by atoms with E-state index < -0.39 is 5.60 Å². The molecule has 1 atom stereocenters. The fourth-order valence-electron chi connectivity index (χ4n) is 4.98. The lowest BCUT2D eigenvalue weighted by Crippen LogP contribution is -2.60. The largest absolute Gasteiger partial charge is 0.490 e. The van der Waals surface area contributed by atoms with Crippen LogP contribution in [0.4, 0.5) is 4.39 Å². The Morgan fingerprint density at radius 2 is 1.61 bits per heavy atom. The van der Waals surface area contributed by atoms with Crippen molar-refractivity contribution in [1.82, 2.24) is 19.6 Å².